The third-order valence-corrected chi connectivity index (χ3v) is 8.42. The largest absolute Gasteiger partial charge is 0.444 e. The molecule has 0 radical (unpaired) electrons. The summed E-state index contributed by atoms with van der Waals surface area (Å²) in [6.07, 6.45) is 5.94. The van der Waals surface area contributed by atoms with Gasteiger partial charge in [-0.25, -0.2) is 9.69 Å². The fourth-order valence-electron chi connectivity index (χ4n) is 5.70. The maximum atomic E-state index is 14.1. The Hall–Kier alpha value is -4.62. The Morgan fingerprint density at radius 2 is 1.74 bits per heavy atom. The molecular weight excluding hydrogens is 622 g/mol. The highest BCUT2D eigenvalue weighted by molar-refractivity contribution is 6.18. The lowest BCUT2D eigenvalue weighted by molar-refractivity contribution is -0.130. The van der Waals surface area contributed by atoms with E-state index in [0.29, 0.717) is 43.1 Å². The third-order valence-electron chi connectivity index (χ3n) is 8.13. The fourth-order valence-corrected chi connectivity index (χ4v) is 5.91. The van der Waals surface area contributed by atoms with Crippen LogP contribution in [-0.4, -0.2) is 74.0 Å². The Morgan fingerprint density at radius 3 is 2.36 bits per heavy atom. The molecule has 14 heteroatoms. The summed E-state index contributed by atoms with van der Waals surface area (Å²) in [5.41, 5.74) is 9.61. The number of anilines is 1. The van der Waals surface area contributed by atoms with E-state index >= 15 is 0 Å². The van der Waals surface area contributed by atoms with Gasteiger partial charge in [-0.15, -0.1) is 10.2 Å². The number of carbonyl (C=O) groups excluding carboxylic acids is 3. The summed E-state index contributed by atoms with van der Waals surface area (Å²) in [5, 5.41) is 16.9. The molecule has 2 aliphatic rings. The maximum Gasteiger partial charge on any atom is 0.407 e. The zero-order chi connectivity index (χ0) is 33.6. The van der Waals surface area contributed by atoms with Crippen LogP contribution in [0.1, 0.15) is 57.6 Å². The predicted octanol–water partition coefficient (Wildman–Crippen LogP) is 4.47. The van der Waals surface area contributed by atoms with E-state index in [4.69, 9.17) is 22.2 Å². The fraction of sp³-hybridized carbons (Fsp3) is 0.424. The van der Waals surface area contributed by atoms with Crippen LogP contribution in [0.4, 0.5) is 10.5 Å². The number of H-pyrrole nitrogens is 1. The molecule has 0 bridgehead atoms. The number of tetrazole rings is 1. The molecule has 0 spiro atoms. The lowest BCUT2D eigenvalue weighted by Crippen LogP contribution is -2.50. The van der Waals surface area contributed by atoms with E-state index < -0.39 is 23.6 Å². The highest BCUT2D eigenvalue weighted by Crippen LogP contribution is 2.32. The number of imide groups is 1. The summed E-state index contributed by atoms with van der Waals surface area (Å²) >= 11 is 6.28. The van der Waals surface area contributed by atoms with Gasteiger partial charge in [0.2, 0.25) is 11.7 Å². The standard InChI is InChI=1S/C33H40ClN9O4/c1-33(2,3)47-32(46)37-19-22-6-10-25(11-7-22)30(44)43(26-14-12-24(13-15-26)29-38-40-41-39-29)31(45)27(35)18-21-4-8-23(9-5-21)28-16-17-36-20-42(28)34/h4-5,8-9,12-17,22,25,27H,6-7,10-11,18-20,35H2,1-3H3,(H,37,46)(H,38,39,40,41)/t22?,25?,27-/m0/s1. The van der Waals surface area contributed by atoms with Crippen LogP contribution in [0.2, 0.25) is 0 Å². The second-order valence-electron chi connectivity index (χ2n) is 12.8. The van der Waals surface area contributed by atoms with Gasteiger partial charge in [0.25, 0.3) is 5.91 Å². The van der Waals surface area contributed by atoms with E-state index in [1.54, 1.807) is 30.5 Å². The number of rotatable bonds is 9. The summed E-state index contributed by atoms with van der Waals surface area (Å²) in [5.74, 6) is -0.547. The van der Waals surface area contributed by atoms with Crippen molar-refractivity contribution in [3.63, 3.8) is 0 Å². The molecule has 248 valence electrons. The molecule has 3 amide bonds. The quantitative estimate of drug-likeness (QED) is 0.280. The van der Waals surface area contributed by atoms with Crippen molar-refractivity contribution in [1.29, 1.82) is 0 Å². The van der Waals surface area contributed by atoms with Crippen LogP contribution in [0.15, 0.2) is 59.6 Å². The summed E-state index contributed by atoms with van der Waals surface area (Å²) < 4.78 is 6.87. The number of allylic oxidation sites excluding steroid dienone is 1. The molecule has 1 aliphatic carbocycles. The van der Waals surface area contributed by atoms with Gasteiger partial charge in [0.15, 0.2) is 0 Å². The number of hydrogen-bond acceptors (Lipinski definition) is 10. The van der Waals surface area contributed by atoms with Gasteiger partial charge in [-0.3, -0.25) is 19.0 Å². The Balaban J connectivity index is 1.28. The molecule has 1 aromatic heterocycles. The Kier molecular flexibility index (Phi) is 10.7. The maximum absolute atomic E-state index is 14.1. The van der Waals surface area contributed by atoms with Crippen LogP contribution in [0, 0.1) is 11.8 Å². The number of nitrogens with one attached hydrogen (secondary N) is 2. The van der Waals surface area contributed by atoms with Crippen molar-refractivity contribution in [3.8, 4) is 11.4 Å². The van der Waals surface area contributed by atoms with Crippen molar-refractivity contribution in [2.45, 2.75) is 64.5 Å². The van der Waals surface area contributed by atoms with Crippen molar-refractivity contribution in [1.82, 2.24) is 30.4 Å². The van der Waals surface area contributed by atoms with Crippen LogP contribution in [0.25, 0.3) is 17.1 Å². The minimum atomic E-state index is -0.971. The molecule has 47 heavy (non-hydrogen) atoms. The van der Waals surface area contributed by atoms with Crippen molar-refractivity contribution in [2.24, 2.45) is 22.6 Å². The van der Waals surface area contributed by atoms with Crippen molar-refractivity contribution >= 4 is 47.3 Å². The molecule has 0 saturated heterocycles. The van der Waals surface area contributed by atoms with E-state index in [0.717, 1.165) is 29.7 Å². The Morgan fingerprint density at radius 1 is 1.06 bits per heavy atom. The number of hydrogen-bond donors (Lipinski definition) is 3. The highest BCUT2D eigenvalue weighted by atomic mass is 35.5. The van der Waals surface area contributed by atoms with Crippen LogP contribution in [-0.2, 0) is 20.7 Å². The van der Waals surface area contributed by atoms with Crippen LogP contribution in [0.5, 0.6) is 0 Å². The van der Waals surface area contributed by atoms with Crippen LogP contribution in [0.3, 0.4) is 0 Å². The number of carbonyl (C=O) groups is 3. The van der Waals surface area contributed by atoms with Gasteiger partial charge in [-0.2, -0.15) is 5.21 Å². The van der Waals surface area contributed by atoms with Gasteiger partial charge in [0.1, 0.15) is 12.3 Å². The second kappa shape index (κ2) is 14.9. The predicted molar refractivity (Wildman–Crippen MR) is 179 cm³/mol. The molecule has 3 aromatic rings. The second-order valence-corrected chi connectivity index (χ2v) is 13.2. The first kappa shape index (κ1) is 33.7. The Bertz CT molecular complexity index is 1590. The van der Waals surface area contributed by atoms with Crippen molar-refractivity contribution in [3.05, 3.63) is 65.7 Å². The minimum absolute atomic E-state index is 0.206. The molecule has 1 saturated carbocycles. The lowest BCUT2D eigenvalue weighted by atomic mass is 9.81. The number of amides is 3. The molecule has 0 unspecified atom stereocenters. The van der Waals surface area contributed by atoms with Crippen molar-refractivity contribution in [2.75, 3.05) is 18.1 Å². The van der Waals surface area contributed by atoms with E-state index in [-0.39, 0.29) is 24.2 Å². The average Bonchev–Trinajstić information content (AvgIpc) is 3.60. The molecule has 1 aliphatic heterocycles. The van der Waals surface area contributed by atoms with E-state index in [9.17, 15) is 14.4 Å². The molecule has 1 atom stereocenters. The summed E-state index contributed by atoms with van der Waals surface area (Å²) in [4.78, 5) is 45.5. The average molecular weight is 662 g/mol. The molecule has 4 N–H and O–H groups in total. The molecule has 5 rings (SSSR count). The minimum Gasteiger partial charge on any atom is -0.444 e. The van der Waals surface area contributed by atoms with E-state index in [1.165, 1.54) is 9.32 Å². The molecule has 2 heterocycles. The molecule has 13 nitrogen and oxygen atoms in total. The summed E-state index contributed by atoms with van der Waals surface area (Å²) in [6.45, 7) is 6.28. The zero-order valence-electron chi connectivity index (χ0n) is 26.7. The highest BCUT2D eigenvalue weighted by Gasteiger charge is 2.35. The molecular formula is C33H40ClN9O4. The van der Waals surface area contributed by atoms with Gasteiger partial charge in [0.05, 0.1) is 17.4 Å². The van der Waals surface area contributed by atoms with Crippen molar-refractivity contribution < 1.29 is 19.1 Å². The molecule has 2 aromatic carbocycles. The summed E-state index contributed by atoms with van der Waals surface area (Å²) in [7, 11) is 0. The first-order chi connectivity index (χ1) is 22.5. The number of benzene rings is 2. The summed E-state index contributed by atoms with van der Waals surface area (Å²) in [6, 6.07) is 13.5. The van der Waals surface area contributed by atoms with E-state index in [2.05, 4.69) is 30.9 Å². The van der Waals surface area contributed by atoms with Gasteiger partial charge in [0, 0.05) is 36.0 Å². The zero-order valence-corrected chi connectivity index (χ0v) is 27.5. The number of alkyl carbamates (subject to hydrolysis) is 1. The lowest BCUT2D eigenvalue weighted by Gasteiger charge is -2.32. The topological polar surface area (TPSA) is 172 Å². The van der Waals surface area contributed by atoms with Gasteiger partial charge >= 0.3 is 6.09 Å². The normalized spacial score (nSPS) is 18.7. The van der Waals surface area contributed by atoms with Crippen LogP contribution < -0.4 is 16.0 Å². The van der Waals surface area contributed by atoms with Gasteiger partial charge in [-0.1, -0.05) is 24.3 Å². The monoisotopic (exact) mass is 661 g/mol. The molecule has 1 fully saturated rings. The number of halogens is 1. The first-order valence-corrected chi connectivity index (χ1v) is 16.0. The number of aromatic amines is 1. The SMILES string of the molecule is CC(C)(C)OC(=O)NCC1CCC(C(=O)N(C(=O)[C@@H](N)Cc2ccc(C3=CC=NCN3Cl)cc2)c2ccc(-c3nn[nH]n3)cc2)CC1. The first-order valence-electron chi connectivity index (χ1n) is 15.7. The Labute approximate surface area is 278 Å². The number of nitrogens with two attached hydrogens (primary N) is 1. The number of aromatic nitrogens is 4. The number of nitrogens with zero attached hydrogens (tertiary/aromatic N) is 6. The number of ether oxygens (including phenoxy) is 1. The van der Waals surface area contributed by atoms with Crippen LogP contribution >= 0.6 is 11.8 Å². The van der Waals surface area contributed by atoms with Gasteiger partial charge < -0.3 is 15.8 Å². The van der Waals surface area contributed by atoms with E-state index in [1.807, 2.05) is 51.1 Å². The number of aliphatic imine (C=N–C) groups is 1. The third kappa shape index (κ3) is 8.80. The van der Waals surface area contributed by atoms with Gasteiger partial charge in [-0.05, 0) is 105 Å². The smallest absolute Gasteiger partial charge is 0.407 e.